The Hall–Kier alpha value is -3.07. The molecule has 10 heteroatoms. The van der Waals surface area contributed by atoms with Crippen LogP contribution in [-0.4, -0.2) is 69.4 Å². The maximum atomic E-state index is 13.4. The van der Waals surface area contributed by atoms with Crippen LogP contribution in [0.15, 0.2) is 97.2 Å². The number of ether oxygens (including phenoxy) is 1. The van der Waals surface area contributed by atoms with Gasteiger partial charge in [0.1, 0.15) is 19.3 Å². The first-order valence-corrected chi connectivity index (χ1v) is 28.6. The highest BCUT2D eigenvalue weighted by atomic mass is 31.2. The van der Waals surface area contributed by atoms with Gasteiger partial charge in [-0.3, -0.25) is 14.2 Å². The highest BCUT2D eigenvalue weighted by Crippen LogP contribution is 2.38. The number of quaternary nitrogens is 1. The Balaban J connectivity index is 5.50. The van der Waals surface area contributed by atoms with Gasteiger partial charge in [0.15, 0.2) is 0 Å². The van der Waals surface area contributed by atoms with Crippen LogP contribution in [0, 0.1) is 0 Å². The molecule has 0 aromatic rings. The Kier molecular flexibility index (Phi) is 45.5. The monoisotopic (exact) mass is 969 g/mol. The molecule has 0 aromatic carbocycles. The quantitative estimate of drug-likeness (QED) is 0.0161. The van der Waals surface area contributed by atoms with Crippen molar-refractivity contribution in [3.05, 3.63) is 97.2 Å². The standard InChI is InChI=1S/C58H101N2O7P/c1-7-10-13-16-19-22-25-27-29-30-31-32-35-38-41-44-47-50-57(61)59-55(54-66-68(63,64)65-53-52-60(4,5)6)56(49-46-43-40-37-34-24-21-18-15-12-9-3)67-58(62)51-48-45-42-39-36-33-28-26-23-20-17-14-11-8-2/h10,13,16,19,22,25,27,29-33,35-36,46,49,55-56H,7-9,11-12,14-15,17-18,20-21,23-24,26,28,34,37-45,47-48,50-54H2,1-6H3,(H-,59,61,63,64)/b13-10-,19-16+,25-22+,29-27-,31-30+,35-32+,36-33-,49-46+. The fourth-order valence-electron chi connectivity index (χ4n) is 7.19. The third-order valence-corrected chi connectivity index (χ3v) is 12.4. The number of rotatable bonds is 47. The molecule has 68 heavy (non-hydrogen) atoms. The minimum Gasteiger partial charge on any atom is -0.756 e. The first-order valence-electron chi connectivity index (χ1n) is 27.1. The van der Waals surface area contributed by atoms with Crippen molar-refractivity contribution in [1.29, 1.82) is 0 Å². The number of esters is 1. The summed E-state index contributed by atoms with van der Waals surface area (Å²) in [5, 5.41) is 2.98. The molecule has 0 heterocycles. The highest BCUT2D eigenvalue weighted by Gasteiger charge is 2.27. The van der Waals surface area contributed by atoms with Gasteiger partial charge in [0.05, 0.1) is 33.8 Å². The van der Waals surface area contributed by atoms with Crippen molar-refractivity contribution in [1.82, 2.24) is 5.32 Å². The molecule has 0 saturated carbocycles. The number of hydrogen-bond acceptors (Lipinski definition) is 7. The third kappa shape index (κ3) is 48.0. The fourth-order valence-corrected chi connectivity index (χ4v) is 7.92. The zero-order valence-corrected chi connectivity index (χ0v) is 45.2. The topological polar surface area (TPSA) is 114 Å². The van der Waals surface area contributed by atoms with Gasteiger partial charge in [0.2, 0.25) is 5.91 Å². The summed E-state index contributed by atoms with van der Waals surface area (Å²) in [6.45, 7) is 6.61. The molecular formula is C58H101N2O7P. The van der Waals surface area contributed by atoms with Gasteiger partial charge in [0.25, 0.3) is 7.82 Å². The summed E-state index contributed by atoms with van der Waals surface area (Å²) in [6, 6.07) is -0.921. The highest BCUT2D eigenvalue weighted by molar-refractivity contribution is 7.45. The molecule has 1 amide bonds. The fraction of sp³-hybridized carbons (Fsp3) is 0.690. The maximum absolute atomic E-state index is 13.4. The average molecular weight is 969 g/mol. The van der Waals surface area contributed by atoms with Crippen LogP contribution < -0.4 is 10.2 Å². The normalized spacial score (nSPS) is 14.6. The average Bonchev–Trinajstić information content (AvgIpc) is 3.29. The molecule has 0 aliphatic rings. The van der Waals surface area contributed by atoms with Crippen LogP contribution in [0.2, 0.25) is 0 Å². The molecule has 0 bridgehead atoms. The molecule has 0 aliphatic carbocycles. The Bertz CT molecular complexity index is 1490. The van der Waals surface area contributed by atoms with E-state index in [1.807, 2.05) is 88.0 Å². The Morgan fingerprint density at radius 1 is 0.529 bits per heavy atom. The molecule has 390 valence electrons. The summed E-state index contributed by atoms with van der Waals surface area (Å²) < 4.78 is 30.1. The summed E-state index contributed by atoms with van der Waals surface area (Å²) >= 11 is 0. The van der Waals surface area contributed by atoms with E-state index in [0.717, 1.165) is 70.6 Å². The minimum atomic E-state index is -4.71. The summed E-state index contributed by atoms with van der Waals surface area (Å²) in [4.78, 5) is 39.7. The van der Waals surface area contributed by atoms with Gasteiger partial charge in [-0.2, -0.15) is 0 Å². The first kappa shape index (κ1) is 64.9. The van der Waals surface area contributed by atoms with Gasteiger partial charge in [-0.05, 0) is 76.7 Å². The lowest BCUT2D eigenvalue weighted by molar-refractivity contribution is -0.870. The molecule has 3 atom stereocenters. The van der Waals surface area contributed by atoms with Crippen LogP contribution in [0.25, 0.3) is 0 Å². The van der Waals surface area contributed by atoms with Gasteiger partial charge >= 0.3 is 5.97 Å². The number of carbonyl (C=O) groups is 2. The zero-order chi connectivity index (χ0) is 50.1. The summed E-state index contributed by atoms with van der Waals surface area (Å²) in [5.41, 5.74) is 0. The summed E-state index contributed by atoms with van der Waals surface area (Å²) in [7, 11) is 1.13. The minimum absolute atomic E-state index is 0.0386. The van der Waals surface area contributed by atoms with Gasteiger partial charge in [-0.15, -0.1) is 0 Å². The molecule has 0 aromatic heterocycles. The van der Waals surface area contributed by atoms with Crippen LogP contribution in [0.4, 0.5) is 0 Å². The van der Waals surface area contributed by atoms with Crippen molar-refractivity contribution in [3.63, 3.8) is 0 Å². The van der Waals surface area contributed by atoms with Crippen LogP contribution in [0.5, 0.6) is 0 Å². The second-order valence-electron chi connectivity index (χ2n) is 19.1. The second kappa shape index (κ2) is 47.6. The van der Waals surface area contributed by atoms with Crippen molar-refractivity contribution in [2.45, 2.75) is 219 Å². The third-order valence-electron chi connectivity index (χ3n) is 11.4. The lowest BCUT2D eigenvalue weighted by Gasteiger charge is -2.30. The Labute approximate surface area is 418 Å². The number of nitrogens with one attached hydrogen (secondary N) is 1. The van der Waals surface area contributed by atoms with Crippen molar-refractivity contribution in [2.24, 2.45) is 0 Å². The van der Waals surface area contributed by atoms with E-state index < -0.39 is 26.6 Å². The number of amides is 1. The van der Waals surface area contributed by atoms with Gasteiger partial charge < -0.3 is 28.5 Å². The Morgan fingerprint density at radius 2 is 0.956 bits per heavy atom. The molecule has 3 unspecified atom stereocenters. The first-order chi connectivity index (χ1) is 32.9. The number of unbranched alkanes of at least 4 members (excludes halogenated alkanes) is 22. The van der Waals surface area contributed by atoms with E-state index in [1.165, 1.54) is 89.9 Å². The van der Waals surface area contributed by atoms with Crippen molar-refractivity contribution in [3.8, 4) is 0 Å². The van der Waals surface area contributed by atoms with E-state index in [1.54, 1.807) is 6.08 Å². The molecule has 0 saturated heterocycles. The lowest BCUT2D eigenvalue weighted by atomic mass is 10.1. The number of carbonyl (C=O) groups excluding carboxylic acids is 2. The molecule has 0 spiro atoms. The molecule has 1 N–H and O–H groups in total. The maximum Gasteiger partial charge on any atom is 0.306 e. The van der Waals surface area contributed by atoms with Crippen molar-refractivity contribution in [2.75, 3.05) is 40.9 Å². The van der Waals surface area contributed by atoms with Gasteiger partial charge in [-0.25, -0.2) is 0 Å². The summed E-state index contributed by atoms with van der Waals surface area (Å²) in [6.07, 6.45) is 62.3. The second-order valence-corrected chi connectivity index (χ2v) is 20.6. The van der Waals surface area contributed by atoms with Gasteiger partial charge in [0, 0.05) is 12.8 Å². The lowest BCUT2D eigenvalue weighted by Crippen LogP contribution is -2.47. The molecule has 9 nitrogen and oxygen atoms in total. The van der Waals surface area contributed by atoms with Crippen LogP contribution in [0.1, 0.15) is 207 Å². The molecule has 0 aliphatic heterocycles. The number of phosphoric acid groups is 1. The smallest absolute Gasteiger partial charge is 0.306 e. The van der Waals surface area contributed by atoms with E-state index in [-0.39, 0.29) is 31.3 Å². The van der Waals surface area contributed by atoms with Crippen molar-refractivity contribution < 1.29 is 37.3 Å². The Morgan fingerprint density at radius 3 is 1.46 bits per heavy atom. The van der Waals surface area contributed by atoms with Crippen molar-refractivity contribution >= 4 is 19.7 Å². The number of nitrogens with zero attached hydrogens (tertiary/aromatic N) is 1. The molecular weight excluding hydrogens is 868 g/mol. The predicted molar refractivity (Wildman–Crippen MR) is 288 cm³/mol. The number of allylic oxidation sites excluding steroid dienone is 15. The number of phosphoric ester groups is 1. The van der Waals surface area contributed by atoms with Gasteiger partial charge in [-0.1, -0.05) is 215 Å². The SMILES string of the molecule is CC\C=C/C=C/C=C/C=C\C=C\C=C\CCCCCC(=O)NC(COP(=O)([O-])OCC[N+](C)(C)C)C(/C=C/CCCCCCCCCCC)OC(=O)CCCCC/C=C\CCCCCCCCC. The molecule has 0 radical (unpaired) electrons. The van der Waals surface area contributed by atoms with Crippen LogP contribution >= 0.6 is 7.82 Å². The largest absolute Gasteiger partial charge is 0.756 e. The zero-order valence-electron chi connectivity index (χ0n) is 44.3. The van der Waals surface area contributed by atoms with E-state index in [4.69, 9.17) is 13.8 Å². The van der Waals surface area contributed by atoms with Crippen LogP contribution in [-0.2, 0) is 27.9 Å². The van der Waals surface area contributed by atoms with Crippen LogP contribution in [0.3, 0.4) is 0 Å². The summed E-state index contributed by atoms with van der Waals surface area (Å²) in [5.74, 6) is -0.619. The van der Waals surface area contributed by atoms with E-state index in [0.29, 0.717) is 23.9 Å². The van der Waals surface area contributed by atoms with E-state index >= 15 is 0 Å². The number of hydrogen-bond donors (Lipinski definition) is 1. The number of likely N-dealkylation sites (N-methyl/N-ethyl adjacent to an activating group) is 1. The molecule has 0 rings (SSSR count). The van der Waals surface area contributed by atoms with E-state index in [2.05, 4.69) is 50.4 Å². The predicted octanol–water partition coefficient (Wildman–Crippen LogP) is 15.4. The molecule has 0 fully saturated rings. The van der Waals surface area contributed by atoms with E-state index in [9.17, 15) is 19.0 Å².